The minimum Gasteiger partial charge on any atom is -0.388 e. The maximum Gasteiger partial charge on any atom is 0.220 e. The summed E-state index contributed by atoms with van der Waals surface area (Å²) in [6, 6.07) is 20.8. The zero-order valence-corrected chi connectivity index (χ0v) is 22.2. The van der Waals surface area contributed by atoms with Crippen molar-refractivity contribution in [1.82, 2.24) is 5.32 Å². The highest BCUT2D eigenvalue weighted by molar-refractivity contribution is 6.30. The molecule has 3 aromatic rings. The lowest BCUT2D eigenvalue weighted by atomic mass is 9.96. The van der Waals surface area contributed by atoms with Crippen LogP contribution in [0.2, 0.25) is 5.02 Å². The fraction of sp³-hybridized carbons (Fsp3) is 0.414. The third-order valence-corrected chi connectivity index (χ3v) is 6.83. The van der Waals surface area contributed by atoms with E-state index in [0.717, 1.165) is 21.9 Å². The number of nitrogens with one attached hydrogen (secondary N) is 1. The van der Waals surface area contributed by atoms with Crippen molar-refractivity contribution in [3.8, 4) is 0 Å². The third kappa shape index (κ3) is 7.51. The molecule has 8 nitrogen and oxygen atoms in total. The fourth-order valence-electron chi connectivity index (χ4n) is 4.53. The molecule has 0 bridgehead atoms. The number of amides is 1. The maximum absolute atomic E-state index is 12.6. The van der Waals surface area contributed by atoms with Gasteiger partial charge in [-0.2, -0.15) is 0 Å². The van der Waals surface area contributed by atoms with E-state index in [1.54, 1.807) is 12.1 Å². The van der Waals surface area contributed by atoms with Crippen molar-refractivity contribution in [2.24, 2.45) is 5.73 Å². The van der Waals surface area contributed by atoms with Gasteiger partial charge in [-0.25, -0.2) is 0 Å². The molecule has 9 heteroatoms. The van der Waals surface area contributed by atoms with E-state index in [2.05, 4.69) is 17.4 Å². The number of halogens is 1. The second kappa shape index (κ2) is 14.0. The Labute approximate surface area is 228 Å². The Kier molecular flexibility index (Phi) is 10.5. The number of carbonyl (C=O) groups is 1. The molecule has 1 aliphatic rings. The normalized spacial score (nSPS) is 23.4. The molecule has 38 heavy (non-hydrogen) atoms. The number of methoxy groups -OCH3 is 1. The van der Waals surface area contributed by atoms with Gasteiger partial charge < -0.3 is 35.1 Å². The molecule has 1 heterocycles. The molecule has 0 aliphatic carbocycles. The average molecular weight is 543 g/mol. The van der Waals surface area contributed by atoms with Crippen LogP contribution in [0, 0.1) is 0 Å². The highest BCUT2D eigenvalue weighted by Crippen LogP contribution is 2.26. The van der Waals surface area contributed by atoms with Gasteiger partial charge in [-0.05, 0) is 53.1 Å². The third-order valence-electron chi connectivity index (χ3n) is 6.57. The zero-order valence-electron chi connectivity index (χ0n) is 21.4. The van der Waals surface area contributed by atoms with Crippen LogP contribution in [0.25, 0.3) is 10.8 Å². The first-order valence-electron chi connectivity index (χ1n) is 12.8. The number of carbonyl (C=O) groups excluding carboxylic acids is 1. The van der Waals surface area contributed by atoms with Crippen LogP contribution in [0.3, 0.4) is 0 Å². The van der Waals surface area contributed by atoms with E-state index in [1.165, 1.54) is 7.11 Å². The van der Waals surface area contributed by atoms with Gasteiger partial charge in [0, 0.05) is 18.6 Å². The number of hydrogen-bond donors (Lipinski definition) is 3. The maximum atomic E-state index is 12.6. The lowest BCUT2D eigenvalue weighted by Gasteiger charge is -2.44. The molecular formula is C29H35ClN2O6. The van der Waals surface area contributed by atoms with Crippen molar-refractivity contribution in [2.45, 2.75) is 56.7 Å². The number of hydrogen-bond acceptors (Lipinski definition) is 7. The summed E-state index contributed by atoms with van der Waals surface area (Å²) in [4.78, 5) is 12.6. The van der Waals surface area contributed by atoms with E-state index in [1.807, 2.05) is 42.5 Å². The standard InChI is InChI=1S/C29H35ClN2O6/c1-35-28-26(32-25(33)7-4-14-31)29(37-17-20-8-11-21-5-2-3-6-22(21)15-20)38-24(27(28)34)18-36-16-19-9-12-23(30)13-10-19/h2-3,5-6,8-13,15,24,26-29,34H,4,7,14,16-18,31H2,1H3,(H,32,33)/t24-,26-,27-,28-,29?/m1/s1. The molecule has 1 saturated heterocycles. The molecule has 4 rings (SSSR count). The van der Waals surface area contributed by atoms with Crippen molar-refractivity contribution in [2.75, 3.05) is 20.3 Å². The molecule has 1 amide bonds. The summed E-state index contributed by atoms with van der Waals surface area (Å²) in [5, 5.41) is 16.9. The molecule has 0 saturated carbocycles. The summed E-state index contributed by atoms with van der Waals surface area (Å²) in [6.45, 7) is 1.08. The predicted molar refractivity (Wildman–Crippen MR) is 146 cm³/mol. The van der Waals surface area contributed by atoms with Gasteiger partial charge in [-0.3, -0.25) is 4.79 Å². The topological polar surface area (TPSA) is 112 Å². The van der Waals surface area contributed by atoms with Crippen LogP contribution in [0.15, 0.2) is 66.7 Å². The van der Waals surface area contributed by atoms with E-state index in [-0.39, 0.29) is 25.5 Å². The molecule has 5 atom stereocenters. The summed E-state index contributed by atoms with van der Waals surface area (Å²) in [6.07, 6.45) is -2.62. The number of benzene rings is 3. The molecule has 4 N–H and O–H groups in total. The van der Waals surface area contributed by atoms with Crippen molar-refractivity contribution in [1.29, 1.82) is 0 Å². The number of nitrogens with two attached hydrogens (primary N) is 1. The molecule has 1 unspecified atom stereocenters. The van der Waals surface area contributed by atoms with Gasteiger partial charge >= 0.3 is 0 Å². The number of fused-ring (bicyclic) bond motifs is 1. The molecular weight excluding hydrogens is 508 g/mol. The summed E-state index contributed by atoms with van der Waals surface area (Å²) < 4.78 is 23.9. The van der Waals surface area contributed by atoms with Crippen LogP contribution < -0.4 is 11.1 Å². The minimum atomic E-state index is -1.05. The Bertz CT molecular complexity index is 1180. The quantitative estimate of drug-likeness (QED) is 0.321. The number of ether oxygens (including phenoxy) is 4. The monoisotopic (exact) mass is 542 g/mol. The van der Waals surface area contributed by atoms with Crippen LogP contribution in [-0.2, 0) is 37.0 Å². The lowest BCUT2D eigenvalue weighted by molar-refractivity contribution is -0.279. The summed E-state index contributed by atoms with van der Waals surface area (Å²) in [7, 11) is 1.49. The van der Waals surface area contributed by atoms with Crippen molar-refractivity contribution in [3.63, 3.8) is 0 Å². The Morgan fingerprint density at radius 2 is 1.79 bits per heavy atom. The van der Waals surface area contributed by atoms with Gasteiger partial charge in [0.1, 0.15) is 24.4 Å². The smallest absolute Gasteiger partial charge is 0.220 e. The summed E-state index contributed by atoms with van der Waals surface area (Å²) >= 11 is 5.96. The molecule has 0 radical (unpaired) electrons. The second-order valence-electron chi connectivity index (χ2n) is 9.35. The Morgan fingerprint density at radius 1 is 1.05 bits per heavy atom. The van der Waals surface area contributed by atoms with E-state index >= 15 is 0 Å². The average Bonchev–Trinajstić information content (AvgIpc) is 2.93. The van der Waals surface area contributed by atoms with Crippen molar-refractivity contribution in [3.05, 3.63) is 82.9 Å². The van der Waals surface area contributed by atoms with E-state index in [0.29, 0.717) is 24.6 Å². The number of rotatable bonds is 12. The van der Waals surface area contributed by atoms with E-state index in [4.69, 9.17) is 36.3 Å². The Morgan fingerprint density at radius 3 is 2.53 bits per heavy atom. The summed E-state index contributed by atoms with van der Waals surface area (Å²) in [5.41, 5.74) is 7.46. The molecule has 3 aromatic carbocycles. The predicted octanol–water partition coefficient (Wildman–Crippen LogP) is 3.55. The summed E-state index contributed by atoms with van der Waals surface area (Å²) in [5.74, 6) is -0.213. The first-order valence-corrected chi connectivity index (χ1v) is 13.1. The van der Waals surface area contributed by atoms with Crippen molar-refractivity contribution < 1.29 is 28.8 Å². The van der Waals surface area contributed by atoms with Gasteiger partial charge in [-0.1, -0.05) is 60.1 Å². The van der Waals surface area contributed by atoms with Crippen LogP contribution in [0.1, 0.15) is 24.0 Å². The fourth-order valence-corrected chi connectivity index (χ4v) is 4.66. The molecule has 204 valence electrons. The highest BCUT2D eigenvalue weighted by Gasteiger charge is 2.47. The zero-order chi connectivity index (χ0) is 26.9. The highest BCUT2D eigenvalue weighted by atomic mass is 35.5. The first kappa shape index (κ1) is 28.4. The molecule has 0 aromatic heterocycles. The molecule has 1 aliphatic heterocycles. The first-order chi connectivity index (χ1) is 18.5. The second-order valence-corrected chi connectivity index (χ2v) is 9.79. The molecule has 0 spiro atoms. The molecule has 1 fully saturated rings. The SMILES string of the molecule is CO[C@H]1[C@H](O)[C@@H](COCc2ccc(Cl)cc2)OC(OCc2ccc3ccccc3c2)[C@@H]1NC(=O)CCCN. The van der Waals surface area contributed by atoms with Crippen LogP contribution >= 0.6 is 11.6 Å². The Hall–Kier alpha value is -2.56. The van der Waals surface area contributed by atoms with Gasteiger partial charge in [0.15, 0.2) is 6.29 Å². The van der Waals surface area contributed by atoms with Crippen LogP contribution in [-0.4, -0.2) is 61.9 Å². The Balaban J connectivity index is 1.46. The van der Waals surface area contributed by atoms with Gasteiger partial charge in [-0.15, -0.1) is 0 Å². The van der Waals surface area contributed by atoms with Gasteiger partial charge in [0.2, 0.25) is 5.91 Å². The number of aliphatic hydroxyl groups is 1. The van der Waals surface area contributed by atoms with Gasteiger partial charge in [0.05, 0.1) is 19.8 Å². The minimum absolute atomic E-state index is 0.104. The number of aliphatic hydroxyl groups excluding tert-OH is 1. The van der Waals surface area contributed by atoms with Crippen LogP contribution in [0.5, 0.6) is 0 Å². The lowest BCUT2D eigenvalue weighted by Crippen LogP contribution is -2.65. The van der Waals surface area contributed by atoms with E-state index < -0.39 is 30.6 Å². The van der Waals surface area contributed by atoms with Gasteiger partial charge in [0.25, 0.3) is 0 Å². The van der Waals surface area contributed by atoms with E-state index in [9.17, 15) is 9.90 Å². The largest absolute Gasteiger partial charge is 0.388 e. The van der Waals surface area contributed by atoms with Crippen molar-refractivity contribution >= 4 is 28.3 Å². The van der Waals surface area contributed by atoms with Crippen LogP contribution in [0.4, 0.5) is 0 Å².